The van der Waals surface area contributed by atoms with Gasteiger partial charge in [0.25, 0.3) is 5.91 Å². The maximum Gasteiger partial charge on any atom is 0.294 e. The van der Waals surface area contributed by atoms with Crippen molar-refractivity contribution >= 4 is 30.1 Å². The van der Waals surface area contributed by atoms with Crippen molar-refractivity contribution < 1.29 is 9.53 Å². The lowest BCUT2D eigenvalue weighted by atomic mass is 10.1. The minimum atomic E-state index is -0.102. The van der Waals surface area contributed by atoms with Crippen molar-refractivity contribution in [2.75, 3.05) is 32.1 Å². The van der Waals surface area contributed by atoms with Crippen molar-refractivity contribution in [3.05, 3.63) is 65.9 Å². The molecule has 0 N–H and O–H groups in total. The van der Waals surface area contributed by atoms with Crippen molar-refractivity contribution in [2.45, 2.75) is 0 Å². The molecule has 0 fully saturated rings. The highest BCUT2D eigenvalue weighted by Crippen LogP contribution is 2.35. The maximum atomic E-state index is 12.8. The molecule has 1 aliphatic rings. The summed E-state index contributed by atoms with van der Waals surface area (Å²) in [5.74, 6) is 0.969. The summed E-state index contributed by atoms with van der Waals surface area (Å²) in [6.07, 6.45) is 1.79. The molecule has 0 saturated carbocycles. The van der Waals surface area contributed by atoms with Gasteiger partial charge in [0, 0.05) is 13.1 Å². The number of carbonyl (C=O) groups excluding carboxylic acids is 1. The van der Waals surface area contributed by atoms with Crippen LogP contribution in [0.25, 0.3) is 6.08 Å². The fourth-order valence-corrected chi connectivity index (χ4v) is 2.48. The van der Waals surface area contributed by atoms with Crippen LogP contribution in [-0.2, 0) is 4.79 Å². The second-order valence-corrected chi connectivity index (χ2v) is 5.75. The number of halogens is 1. The lowest BCUT2D eigenvalue weighted by Gasteiger charge is -2.31. The number of hydrogen-bond donors (Lipinski definition) is 0. The number of benzene rings is 2. The largest absolute Gasteiger partial charge is 0.449 e. The second kappa shape index (κ2) is 7.99. The summed E-state index contributed by atoms with van der Waals surface area (Å²) in [4.78, 5) is 16.7. The number of para-hydroxylation sites is 2. The molecule has 1 heterocycles. The number of nitrogens with zero attached hydrogens (tertiary/aromatic N) is 2. The summed E-state index contributed by atoms with van der Waals surface area (Å²) < 4.78 is 5.84. The van der Waals surface area contributed by atoms with E-state index in [1.165, 1.54) is 0 Å². The Labute approximate surface area is 148 Å². The summed E-state index contributed by atoms with van der Waals surface area (Å²) in [7, 11) is 4.00. The number of anilines is 1. The summed E-state index contributed by atoms with van der Waals surface area (Å²) >= 11 is 0. The Balaban J connectivity index is 0.00000208. The van der Waals surface area contributed by atoms with E-state index in [1.807, 2.05) is 68.7 Å². The van der Waals surface area contributed by atoms with E-state index in [0.29, 0.717) is 18.1 Å². The Morgan fingerprint density at radius 1 is 1.04 bits per heavy atom. The predicted octanol–water partition coefficient (Wildman–Crippen LogP) is 3.44. The summed E-state index contributed by atoms with van der Waals surface area (Å²) in [6.45, 7) is 1.41. The lowest BCUT2D eigenvalue weighted by Crippen LogP contribution is -2.41. The fraction of sp³-hybridized carbons (Fsp3) is 0.211. The first-order valence-electron chi connectivity index (χ1n) is 7.65. The van der Waals surface area contributed by atoms with Gasteiger partial charge in [-0.1, -0.05) is 42.5 Å². The van der Waals surface area contributed by atoms with E-state index < -0.39 is 0 Å². The highest BCUT2D eigenvalue weighted by atomic mass is 35.5. The third-order valence-electron chi connectivity index (χ3n) is 3.70. The molecule has 5 heteroatoms. The molecular formula is C19H21ClN2O2. The van der Waals surface area contributed by atoms with E-state index in [0.717, 1.165) is 17.8 Å². The van der Waals surface area contributed by atoms with Crippen molar-refractivity contribution in [1.82, 2.24) is 4.90 Å². The van der Waals surface area contributed by atoms with Crippen molar-refractivity contribution in [3.63, 3.8) is 0 Å². The van der Waals surface area contributed by atoms with Crippen LogP contribution in [0.2, 0.25) is 0 Å². The average molecular weight is 345 g/mol. The molecule has 0 saturated heterocycles. The molecular weight excluding hydrogens is 324 g/mol. The minimum Gasteiger partial charge on any atom is -0.449 e. The number of hydrogen-bond acceptors (Lipinski definition) is 3. The third kappa shape index (κ3) is 3.96. The fourth-order valence-electron chi connectivity index (χ4n) is 2.48. The van der Waals surface area contributed by atoms with Gasteiger partial charge < -0.3 is 14.5 Å². The zero-order valence-corrected chi connectivity index (χ0v) is 14.6. The minimum absolute atomic E-state index is 0. The van der Waals surface area contributed by atoms with Crippen molar-refractivity contribution in [1.29, 1.82) is 0 Å². The first-order valence-corrected chi connectivity index (χ1v) is 7.65. The Hall–Kier alpha value is -2.30. The first-order chi connectivity index (χ1) is 11.1. The topological polar surface area (TPSA) is 32.8 Å². The number of fused-ring (bicyclic) bond motifs is 1. The number of ether oxygens (including phenoxy) is 1. The van der Waals surface area contributed by atoms with Crippen LogP contribution in [-0.4, -0.2) is 38.0 Å². The van der Waals surface area contributed by atoms with Crippen LogP contribution in [0.15, 0.2) is 60.4 Å². The SMILES string of the molecule is CN(C)CCN1C(=O)/C(=C/c2ccccc2)Oc2ccccc21.Cl. The predicted molar refractivity (Wildman–Crippen MR) is 99.6 cm³/mol. The maximum absolute atomic E-state index is 12.8. The molecule has 0 bridgehead atoms. The zero-order chi connectivity index (χ0) is 16.2. The normalized spacial score (nSPS) is 15.0. The quantitative estimate of drug-likeness (QED) is 0.796. The molecule has 2 aromatic rings. The van der Waals surface area contributed by atoms with Gasteiger partial charge in [-0.05, 0) is 37.9 Å². The van der Waals surface area contributed by atoms with Gasteiger partial charge in [-0.15, -0.1) is 12.4 Å². The molecule has 4 nitrogen and oxygen atoms in total. The molecule has 0 aromatic heterocycles. The molecule has 0 unspecified atom stereocenters. The van der Waals surface area contributed by atoms with E-state index >= 15 is 0 Å². The van der Waals surface area contributed by atoms with E-state index in [4.69, 9.17) is 4.74 Å². The molecule has 126 valence electrons. The smallest absolute Gasteiger partial charge is 0.294 e. The molecule has 0 atom stereocenters. The van der Waals surface area contributed by atoms with Crippen LogP contribution in [0.5, 0.6) is 5.75 Å². The van der Waals surface area contributed by atoms with Gasteiger partial charge >= 0.3 is 0 Å². The van der Waals surface area contributed by atoms with Gasteiger partial charge in [-0.3, -0.25) is 4.79 Å². The van der Waals surface area contributed by atoms with E-state index in [2.05, 4.69) is 4.90 Å². The Morgan fingerprint density at radius 2 is 1.71 bits per heavy atom. The highest BCUT2D eigenvalue weighted by Gasteiger charge is 2.29. The van der Waals surface area contributed by atoms with E-state index in [9.17, 15) is 4.79 Å². The lowest BCUT2D eigenvalue weighted by molar-refractivity contribution is -0.117. The van der Waals surface area contributed by atoms with Crippen molar-refractivity contribution in [2.24, 2.45) is 0 Å². The Bertz CT molecular complexity index is 729. The van der Waals surface area contributed by atoms with Crippen LogP contribution in [0.3, 0.4) is 0 Å². The molecule has 2 aromatic carbocycles. The van der Waals surface area contributed by atoms with Crippen LogP contribution < -0.4 is 9.64 Å². The summed E-state index contributed by atoms with van der Waals surface area (Å²) in [6, 6.07) is 17.4. The number of likely N-dealkylation sites (N-methyl/N-ethyl adjacent to an activating group) is 1. The van der Waals surface area contributed by atoms with Crippen LogP contribution in [0, 0.1) is 0 Å². The average Bonchev–Trinajstić information content (AvgIpc) is 2.56. The van der Waals surface area contributed by atoms with Gasteiger partial charge in [0.2, 0.25) is 0 Å². The van der Waals surface area contributed by atoms with Gasteiger partial charge in [0.1, 0.15) is 0 Å². The van der Waals surface area contributed by atoms with Crippen LogP contribution in [0.1, 0.15) is 5.56 Å². The number of rotatable bonds is 4. The van der Waals surface area contributed by atoms with Gasteiger partial charge in [0.15, 0.2) is 11.5 Å². The summed E-state index contributed by atoms with van der Waals surface area (Å²) in [5, 5.41) is 0. The van der Waals surface area contributed by atoms with Gasteiger partial charge in [0.05, 0.1) is 5.69 Å². The molecule has 0 spiro atoms. The number of carbonyl (C=O) groups is 1. The summed E-state index contributed by atoms with van der Waals surface area (Å²) in [5.41, 5.74) is 1.77. The van der Waals surface area contributed by atoms with E-state index in [1.54, 1.807) is 11.0 Å². The van der Waals surface area contributed by atoms with Gasteiger partial charge in [-0.25, -0.2) is 0 Å². The highest BCUT2D eigenvalue weighted by molar-refractivity contribution is 6.09. The van der Waals surface area contributed by atoms with Crippen LogP contribution in [0.4, 0.5) is 5.69 Å². The molecule has 3 rings (SSSR count). The Morgan fingerprint density at radius 3 is 2.42 bits per heavy atom. The number of amides is 1. The zero-order valence-electron chi connectivity index (χ0n) is 13.8. The molecule has 1 aliphatic heterocycles. The Kier molecular flexibility index (Phi) is 6.01. The molecule has 0 aliphatic carbocycles. The van der Waals surface area contributed by atoms with Crippen molar-refractivity contribution in [3.8, 4) is 5.75 Å². The first kappa shape index (κ1) is 18.0. The van der Waals surface area contributed by atoms with E-state index in [-0.39, 0.29) is 18.3 Å². The standard InChI is InChI=1S/C19H20N2O2.ClH/c1-20(2)12-13-21-16-10-6-7-11-17(16)23-18(19(21)22)14-15-8-4-3-5-9-15;/h3-11,14H,12-13H2,1-2H3;1H/b18-14-;. The van der Waals surface area contributed by atoms with Crippen LogP contribution >= 0.6 is 12.4 Å². The molecule has 1 amide bonds. The molecule has 24 heavy (non-hydrogen) atoms. The third-order valence-corrected chi connectivity index (χ3v) is 3.70. The molecule has 0 radical (unpaired) electrons. The monoisotopic (exact) mass is 344 g/mol. The second-order valence-electron chi connectivity index (χ2n) is 5.75. The van der Waals surface area contributed by atoms with Gasteiger partial charge in [-0.2, -0.15) is 0 Å².